The van der Waals surface area contributed by atoms with Crippen molar-refractivity contribution in [1.29, 1.82) is 0 Å². The van der Waals surface area contributed by atoms with Gasteiger partial charge in [-0.1, -0.05) is 13.8 Å². The smallest absolute Gasteiger partial charge is 0.239 e. The molecule has 0 aromatic heterocycles. The lowest BCUT2D eigenvalue weighted by Crippen LogP contribution is -2.46. The Morgan fingerprint density at radius 2 is 2.25 bits per heavy atom. The summed E-state index contributed by atoms with van der Waals surface area (Å²) in [6.07, 6.45) is 1.78. The standard InChI is InChI=1S/C12H24N2O2/c1-9(2)7-11(13)12(15)14-5-4-6-16-10(3)8-14/h9-11H,4-8,13H2,1-3H3/t10?,11-/m0/s1. The van der Waals surface area contributed by atoms with E-state index in [1.165, 1.54) is 0 Å². The molecule has 1 rings (SSSR count). The number of hydrogen-bond donors (Lipinski definition) is 1. The highest BCUT2D eigenvalue weighted by Crippen LogP contribution is 2.10. The van der Waals surface area contributed by atoms with Crippen molar-refractivity contribution < 1.29 is 9.53 Å². The molecule has 1 heterocycles. The first-order chi connectivity index (χ1) is 7.50. The maximum atomic E-state index is 12.1. The second kappa shape index (κ2) is 6.21. The van der Waals surface area contributed by atoms with Gasteiger partial charge in [-0.25, -0.2) is 0 Å². The van der Waals surface area contributed by atoms with Crippen LogP contribution in [0, 0.1) is 5.92 Å². The normalized spacial score (nSPS) is 24.3. The molecule has 0 spiro atoms. The molecule has 2 N–H and O–H groups in total. The van der Waals surface area contributed by atoms with Gasteiger partial charge in [-0.3, -0.25) is 4.79 Å². The number of carbonyl (C=O) groups excluding carboxylic acids is 1. The molecule has 1 aliphatic heterocycles. The van der Waals surface area contributed by atoms with Crippen LogP contribution in [0.15, 0.2) is 0 Å². The highest BCUT2D eigenvalue weighted by atomic mass is 16.5. The van der Waals surface area contributed by atoms with Crippen molar-refractivity contribution in [1.82, 2.24) is 4.90 Å². The molecule has 1 fully saturated rings. The van der Waals surface area contributed by atoms with Gasteiger partial charge in [0.05, 0.1) is 12.1 Å². The van der Waals surface area contributed by atoms with E-state index in [0.717, 1.165) is 26.0 Å². The van der Waals surface area contributed by atoms with E-state index in [9.17, 15) is 4.79 Å². The molecule has 0 saturated carbocycles. The molecule has 1 unspecified atom stereocenters. The predicted octanol–water partition coefficient (Wildman–Crippen LogP) is 0.997. The summed E-state index contributed by atoms with van der Waals surface area (Å²) in [6.45, 7) is 8.35. The lowest BCUT2D eigenvalue weighted by Gasteiger charge is -2.26. The summed E-state index contributed by atoms with van der Waals surface area (Å²) in [7, 11) is 0. The third-order valence-electron chi connectivity index (χ3n) is 2.81. The molecular weight excluding hydrogens is 204 g/mol. The Bertz CT molecular complexity index is 231. The van der Waals surface area contributed by atoms with Gasteiger partial charge in [0.1, 0.15) is 0 Å². The quantitative estimate of drug-likeness (QED) is 0.784. The molecule has 1 amide bonds. The Hall–Kier alpha value is -0.610. The molecule has 1 aliphatic rings. The summed E-state index contributed by atoms with van der Waals surface area (Å²) < 4.78 is 5.51. The van der Waals surface area contributed by atoms with Crippen molar-refractivity contribution in [2.45, 2.75) is 45.8 Å². The van der Waals surface area contributed by atoms with E-state index in [1.807, 2.05) is 11.8 Å². The first-order valence-corrected chi connectivity index (χ1v) is 6.16. The van der Waals surface area contributed by atoms with E-state index in [1.54, 1.807) is 0 Å². The molecule has 2 atom stereocenters. The predicted molar refractivity (Wildman–Crippen MR) is 64.0 cm³/mol. The Morgan fingerprint density at radius 1 is 1.56 bits per heavy atom. The maximum absolute atomic E-state index is 12.1. The number of carbonyl (C=O) groups is 1. The van der Waals surface area contributed by atoms with Crippen LogP contribution in [0.5, 0.6) is 0 Å². The average molecular weight is 228 g/mol. The molecule has 4 nitrogen and oxygen atoms in total. The fraction of sp³-hybridized carbons (Fsp3) is 0.917. The number of amides is 1. The fourth-order valence-electron chi connectivity index (χ4n) is 2.04. The molecular formula is C12H24N2O2. The second-order valence-corrected chi connectivity index (χ2v) is 5.06. The van der Waals surface area contributed by atoms with Crippen molar-refractivity contribution >= 4 is 5.91 Å². The number of nitrogens with zero attached hydrogens (tertiary/aromatic N) is 1. The minimum atomic E-state index is -0.356. The van der Waals surface area contributed by atoms with E-state index in [-0.39, 0.29) is 18.1 Å². The largest absolute Gasteiger partial charge is 0.377 e. The van der Waals surface area contributed by atoms with Gasteiger partial charge in [-0.05, 0) is 25.7 Å². The van der Waals surface area contributed by atoms with Crippen molar-refractivity contribution in [2.75, 3.05) is 19.7 Å². The van der Waals surface area contributed by atoms with Gasteiger partial charge in [0, 0.05) is 19.7 Å². The molecule has 0 bridgehead atoms. The van der Waals surface area contributed by atoms with Gasteiger partial charge in [-0.15, -0.1) is 0 Å². The monoisotopic (exact) mass is 228 g/mol. The SMILES string of the molecule is CC(C)C[C@H](N)C(=O)N1CCCOC(C)C1. The topological polar surface area (TPSA) is 55.6 Å². The van der Waals surface area contributed by atoms with Gasteiger partial charge in [0.2, 0.25) is 5.91 Å². The molecule has 4 heteroatoms. The van der Waals surface area contributed by atoms with Crippen LogP contribution in [0.1, 0.15) is 33.6 Å². The van der Waals surface area contributed by atoms with Gasteiger partial charge in [-0.2, -0.15) is 0 Å². The molecule has 0 aromatic rings. The Labute approximate surface area is 98.1 Å². The maximum Gasteiger partial charge on any atom is 0.239 e. The first-order valence-electron chi connectivity index (χ1n) is 6.16. The number of rotatable bonds is 3. The summed E-state index contributed by atoms with van der Waals surface area (Å²) in [5.74, 6) is 0.533. The Morgan fingerprint density at radius 3 is 2.88 bits per heavy atom. The zero-order chi connectivity index (χ0) is 12.1. The van der Waals surface area contributed by atoms with E-state index in [2.05, 4.69) is 13.8 Å². The molecule has 16 heavy (non-hydrogen) atoms. The van der Waals surface area contributed by atoms with E-state index < -0.39 is 0 Å². The second-order valence-electron chi connectivity index (χ2n) is 5.06. The third kappa shape index (κ3) is 4.10. The van der Waals surface area contributed by atoms with Crippen LogP contribution in [-0.4, -0.2) is 42.6 Å². The van der Waals surface area contributed by atoms with Gasteiger partial charge in [0.25, 0.3) is 0 Å². The van der Waals surface area contributed by atoms with Crippen molar-refractivity contribution in [3.8, 4) is 0 Å². The van der Waals surface area contributed by atoms with Crippen LogP contribution in [0.2, 0.25) is 0 Å². The van der Waals surface area contributed by atoms with E-state index >= 15 is 0 Å². The zero-order valence-corrected chi connectivity index (χ0v) is 10.6. The third-order valence-corrected chi connectivity index (χ3v) is 2.81. The van der Waals surface area contributed by atoms with Gasteiger partial charge in [0.15, 0.2) is 0 Å². The summed E-state index contributed by atoms with van der Waals surface area (Å²) >= 11 is 0. The van der Waals surface area contributed by atoms with Crippen molar-refractivity contribution in [3.05, 3.63) is 0 Å². The fourth-order valence-corrected chi connectivity index (χ4v) is 2.04. The van der Waals surface area contributed by atoms with Crippen LogP contribution >= 0.6 is 0 Å². The first kappa shape index (κ1) is 13.5. The van der Waals surface area contributed by atoms with E-state index in [0.29, 0.717) is 12.5 Å². The average Bonchev–Trinajstić information content (AvgIpc) is 2.40. The highest BCUT2D eigenvalue weighted by molar-refractivity contribution is 5.81. The minimum absolute atomic E-state index is 0.0750. The van der Waals surface area contributed by atoms with Crippen molar-refractivity contribution in [3.63, 3.8) is 0 Å². The lowest BCUT2D eigenvalue weighted by atomic mass is 10.0. The Kier molecular flexibility index (Phi) is 5.22. The minimum Gasteiger partial charge on any atom is -0.377 e. The van der Waals surface area contributed by atoms with E-state index in [4.69, 9.17) is 10.5 Å². The van der Waals surface area contributed by atoms with Gasteiger partial charge < -0.3 is 15.4 Å². The number of ether oxygens (including phenoxy) is 1. The van der Waals surface area contributed by atoms with Gasteiger partial charge >= 0.3 is 0 Å². The molecule has 0 aliphatic carbocycles. The Balaban J connectivity index is 2.50. The van der Waals surface area contributed by atoms with Crippen LogP contribution in [0.25, 0.3) is 0 Å². The summed E-state index contributed by atoms with van der Waals surface area (Å²) in [5, 5.41) is 0. The summed E-state index contributed by atoms with van der Waals surface area (Å²) in [6, 6.07) is -0.356. The summed E-state index contributed by atoms with van der Waals surface area (Å²) in [5.41, 5.74) is 5.91. The van der Waals surface area contributed by atoms with Crippen LogP contribution < -0.4 is 5.73 Å². The zero-order valence-electron chi connectivity index (χ0n) is 10.6. The number of nitrogens with two attached hydrogens (primary N) is 1. The molecule has 0 aromatic carbocycles. The molecule has 1 saturated heterocycles. The number of hydrogen-bond acceptors (Lipinski definition) is 3. The van der Waals surface area contributed by atoms with Crippen LogP contribution in [0.3, 0.4) is 0 Å². The lowest BCUT2D eigenvalue weighted by molar-refractivity contribution is -0.133. The highest BCUT2D eigenvalue weighted by Gasteiger charge is 2.24. The molecule has 0 radical (unpaired) electrons. The van der Waals surface area contributed by atoms with Crippen LogP contribution in [-0.2, 0) is 9.53 Å². The summed E-state index contributed by atoms with van der Waals surface area (Å²) in [4.78, 5) is 13.9. The van der Waals surface area contributed by atoms with Crippen molar-refractivity contribution in [2.24, 2.45) is 11.7 Å². The van der Waals surface area contributed by atoms with Crippen LogP contribution in [0.4, 0.5) is 0 Å². The molecule has 94 valence electrons.